The molecule has 3 rings (SSSR count). The smallest absolute Gasteiger partial charge is 0.406 e. The molecule has 0 saturated carbocycles. The van der Waals surface area contributed by atoms with Crippen molar-refractivity contribution in [1.29, 1.82) is 0 Å². The summed E-state index contributed by atoms with van der Waals surface area (Å²) in [4.78, 5) is 16.6. The number of alkyl halides is 3. The SMILES string of the molecule is C[C@@H](NC(=O)c1cnoc1-c1ccccn1)c1ccc(OC(F)(F)F)cc1. The minimum atomic E-state index is -4.75. The molecule has 1 atom stereocenters. The highest BCUT2D eigenvalue weighted by molar-refractivity contribution is 5.99. The third-order valence-electron chi connectivity index (χ3n) is 3.67. The molecular formula is C18H14F3N3O3. The number of amides is 1. The van der Waals surface area contributed by atoms with Crippen molar-refractivity contribution in [2.75, 3.05) is 0 Å². The molecule has 0 aliphatic rings. The molecule has 0 fully saturated rings. The maximum atomic E-state index is 12.5. The number of pyridine rings is 1. The third-order valence-corrected chi connectivity index (χ3v) is 3.67. The van der Waals surface area contributed by atoms with E-state index in [4.69, 9.17) is 4.52 Å². The number of benzene rings is 1. The Labute approximate surface area is 152 Å². The van der Waals surface area contributed by atoms with Gasteiger partial charge in [0.25, 0.3) is 5.91 Å². The quantitative estimate of drug-likeness (QED) is 0.724. The van der Waals surface area contributed by atoms with Crippen molar-refractivity contribution >= 4 is 5.91 Å². The van der Waals surface area contributed by atoms with E-state index in [9.17, 15) is 18.0 Å². The van der Waals surface area contributed by atoms with Gasteiger partial charge in [-0.25, -0.2) is 0 Å². The molecule has 3 aromatic rings. The van der Waals surface area contributed by atoms with Gasteiger partial charge in [0, 0.05) is 6.20 Å². The zero-order chi connectivity index (χ0) is 19.4. The standard InChI is InChI=1S/C18H14F3N3O3/c1-11(12-5-7-13(8-6-12)26-18(19,20)21)24-17(25)14-10-23-27-16(14)15-4-2-3-9-22-15/h2-11H,1H3,(H,24,25)/t11-/m1/s1. The molecule has 0 spiro atoms. The number of hydrogen-bond acceptors (Lipinski definition) is 5. The summed E-state index contributed by atoms with van der Waals surface area (Å²) in [6.07, 6.45) is -1.91. The van der Waals surface area contributed by atoms with Crippen molar-refractivity contribution in [2.45, 2.75) is 19.3 Å². The molecule has 0 saturated heterocycles. The number of nitrogens with zero attached hydrogens (tertiary/aromatic N) is 2. The second kappa shape index (κ2) is 7.48. The van der Waals surface area contributed by atoms with E-state index in [0.717, 1.165) is 0 Å². The zero-order valence-corrected chi connectivity index (χ0v) is 14.0. The van der Waals surface area contributed by atoms with E-state index in [1.54, 1.807) is 31.3 Å². The number of ether oxygens (including phenoxy) is 1. The lowest BCUT2D eigenvalue weighted by atomic mass is 10.1. The van der Waals surface area contributed by atoms with Gasteiger partial charge in [0.05, 0.1) is 12.2 Å². The Kier molecular flexibility index (Phi) is 5.11. The fourth-order valence-corrected chi connectivity index (χ4v) is 2.40. The molecule has 27 heavy (non-hydrogen) atoms. The molecule has 0 aliphatic heterocycles. The maximum absolute atomic E-state index is 12.5. The number of rotatable bonds is 5. The van der Waals surface area contributed by atoms with Gasteiger partial charge in [-0.15, -0.1) is 13.2 Å². The number of halogens is 3. The molecule has 0 unspecified atom stereocenters. The van der Waals surface area contributed by atoms with Gasteiger partial charge in [-0.2, -0.15) is 0 Å². The van der Waals surface area contributed by atoms with Crippen molar-refractivity contribution in [3.05, 3.63) is 66.0 Å². The summed E-state index contributed by atoms with van der Waals surface area (Å²) in [5.41, 5.74) is 1.27. The highest BCUT2D eigenvalue weighted by Gasteiger charge is 2.31. The minimum Gasteiger partial charge on any atom is -0.406 e. The number of nitrogens with one attached hydrogen (secondary N) is 1. The molecule has 1 N–H and O–H groups in total. The molecule has 1 amide bonds. The maximum Gasteiger partial charge on any atom is 0.573 e. The Bertz CT molecular complexity index is 909. The first-order valence-corrected chi connectivity index (χ1v) is 7.86. The average molecular weight is 377 g/mol. The van der Waals surface area contributed by atoms with Crippen LogP contribution < -0.4 is 10.1 Å². The topological polar surface area (TPSA) is 77.3 Å². The zero-order valence-electron chi connectivity index (χ0n) is 14.0. The molecule has 0 radical (unpaired) electrons. The molecule has 9 heteroatoms. The summed E-state index contributed by atoms with van der Waals surface area (Å²) < 4.78 is 45.6. The van der Waals surface area contributed by atoms with E-state index in [-0.39, 0.29) is 17.1 Å². The van der Waals surface area contributed by atoms with E-state index >= 15 is 0 Å². The van der Waals surface area contributed by atoms with Gasteiger partial charge in [0.2, 0.25) is 0 Å². The van der Waals surface area contributed by atoms with Crippen molar-refractivity contribution in [3.8, 4) is 17.2 Å². The summed E-state index contributed by atoms with van der Waals surface area (Å²) in [5.74, 6) is -0.546. The lowest BCUT2D eigenvalue weighted by molar-refractivity contribution is -0.274. The van der Waals surface area contributed by atoms with Crippen LogP contribution in [0.2, 0.25) is 0 Å². The summed E-state index contributed by atoms with van der Waals surface area (Å²) >= 11 is 0. The van der Waals surface area contributed by atoms with Crippen LogP contribution in [0, 0.1) is 0 Å². The van der Waals surface area contributed by atoms with E-state index in [0.29, 0.717) is 11.3 Å². The third kappa shape index (κ3) is 4.63. The predicted molar refractivity (Wildman–Crippen MR) is 88.7 cm³/mol. The van der Waals surface area contributed by atoms with Crippen molar-refractivity contribution in [2.24, 2.45) is 0 Å². The fourth-order valence-electron chi connectivity index (χ4n) is 2.40. The molecule has 140 valence electrons. The first-order chi connectivity index (χ1) is 12.8. The van der Waals surface area contributed by atoms with E-state index in [2.05, 4.69) is 20.2 Å². The molecule has 0 aliphatic carbocycles. The van der Waals surface area contributed by atoms with E-state index in [1.165, 1.54) is 30.5 Å². The molecule has 1 aromatic carbocycles. The first kappa shape index (κ1) is 18.4. The van der Waals surface area contributed by atoms with Gasteiger partial charge in [-0.05, 0) is 36.8 Å². The summed E-state index contributed by atoms with van der Waals surface area (Å²) in [5, 5.41) is 6.39. The molecule has 2 aromatic heterocycles. The molecule has 2 heterocycles. The first-order valence-electron chi connectivity index (χ1n) is 7.86. The predicted octanol–water partition coefficient (Wildman–Crippen LogP) is 4.13. The van der Waals surface area contributed by atoms with Crippen LogP contribution in [0.4, 0.5) is 13.2 Å². The average Bonchev–Trinajstić information content (AvgIpc) is 3.11. The van der Waals surface area contributed by atoms with Crippen LogP contribution in [0.5, 0.6) is 5.75 Å². The van der Waals surface area contributed by atoms with Gasteiger partial charge in [-0.1, -0.05) is 23.4 Å². The lowest BCUT2D eigenvalue weighted by Crippen LogP contribution is -2.26. The Hall–Kier alpha value is -3.36. The van der Waals surface area contributed by atoms with Crippen LogP contribution in [0.15, 0.2) is 59.4 Å². The van der Waals surface area contributed by atoms with Crippen LogP contribution in [0.1, 0.15) is 28.9 Å². The lowest BCUT2D eigenvalue weighted by Gasteiger charge is -2.15. The van der Waals surface area contributed by atoms with Crippen LogP contribution in [-0.2, 0) is 0 Å². The number of hydrogen-bond donors (Lipinski definition) is 1. The van der Waals surface area contributed by atoms with Crippen molar-refractivity contribution < 1.29 is 27.2 Å². The molecule has 0 bridgehead atoms. The number of carbonyl (C=O) groups is 1. The van der Waals surface area contributed by atoms with Gasteiger partial charge in [0.1, 0.15) is 17.0 Å². The fraction of sp³-hybridized carbons (Fsp3) is 0.167. The normalized spacial score (nSPS) is 12.4. The summed E-state index contributed by atoms with van der Waals surface area (Å²) in [6, 6.07) is 9.95. The molecule has 6 nitrogen and oxygen atoms in total. The monoisotopic (exact) mass is 377 g/mol. The Morgan fingerprint density at radius 2 is 1.93 bits per heavy atom. The van der Waals surface area contributed by atoms with Crippen molar-refractivity contribution in [1.82, 2.24) is 15.5 Å². The van der Waals surface area contributed by atoms with Gasteiger partial charge < -0.3 is 14.6 Å². The highest BCUT2D eigenvalue weighted by Crippen LogP contribution is 2.25. The summed E-state index contributed by atoms with van der Waals surface area (Å²) in [6.45, 7) is 1.70. The Morgan fingerprint density at radius 1 is 1.19 bits per heavy atom. The van der Waals surface area contributed by atoms with Crippen LogP contribution in [-0.4, -0.2) is 22.4 Å². The van der Waals surface area contributed by atoms with E-state index < -0.39 is 18.3 Å². The number of carbonyl (C=O) groups excluding carboxylic acids is 1. The minimum absolute atomic E-state index is 0.206. The van der Waals surface area contributed by atoms with Crippen LogP contribution >= 0.6 is 0 Å². The second-order valence-corrected chi connectivity index (χ2v) is 5.60. The van der Waals surface area contributed by atoms with Crippen molar-refractivity contribution in [3.63, 3.8) is 0 Å². The summed E-state index contributed by atoms with van der Waals surface area (Å²) in [7, 11) is 0. The largest absolute Gasteiger partial charge is 0.573 e. The Balaban J connectivity index is 1.71. The highest BCUT2D eigenvalue weighted by atomic mass is 19.4. The number of aromatic nitrogens is 2. The Morgan fingerprint density at radius 3 is 2.56 bits per heavy atom. The molecular weight excluding hydrogens is 363 g/mol. The van der Waals surface area contributed by atoms with Crippen LogP contribution in [0.3, 0.4) is 0 Å². The van der Waals surface area contributed by atoms with E-state index in [1.807, 2.05) is 0 Å². The van der Waals surface area contributed by atoms with Gasteiger partial charge in [0.15, 0.2) is 5.76 Å². The van der Waals surface area contributed by atoms with Gasteiger partial charge >= 0.3 is 6.36 Å². The second-order valence-electron chi connectivity index (χ2n) is 5.60. The van der Waals surface area contributed by atoms with Crippen LogP contribution in [0.25, 0.3) is 11.5 Å². The van der Waals surface area contributed by atoms with Gasteiger partial charge in [-0.3, -0.25) is 9.78 Å².